The zero-order valence-electron chi connectivity index (χ0n) is 23.3. The zero-order chi connectivity index (χ0) is 30.8. The fourth-order valence-corrected chi connectivity index (χ4v) is 4.72. The lowest BCUT2D eigenvalue weighted by Gasteiger charge is -2.38. The summed E-state index contributed by atoms with van der Waals surface area (Å²) < 4.78 is 68.6. The topological polar surface area (TPSA) is 107 Å². The maximum atomic E-state index is 14.9. The van der Waals surface area contributed by atoms with E-state index in [2.05, 4.69) is 25.4 Å². The molecule has 0 radical (unpaired) electrons. The van der Waals surface area contributed by atoms with Crippen LogP contribution in [-0.2, 0) is 11.3 Å². The number of benzene rings is 2. The van der Waals surface area contributed by atoms with Gasteiger partial charge in [-0.15, -0.1) is 0 Å². The molecule has 44 heavy (non-hydrogen) atoms. The van der Waals surface area contributed by atoms with Gasteiger partial charge in [-0.3, -0.25) is 14.5 Å². The number of halogens is 4. The van der Waals surface area contributed by atoms with Crippen LogP contribution in [-0.4, -0.2) is 67.8 Å². The molecular weight excluding hydrogens is 582 g/mol. The van der Waals surface area contributed by atoms with Gasteiger partial charge >= 0.3 is 0 Å². The fraction of sp³-hybridized carbons (Fsp3) is 0.233. The number of ether oxygens (including phenoxy) is 2. The number of rotatable bonds is 10. The van der Waals surface area contributed by atoms with Crippen LogP contribution >= 0.6 is 0 Å². The summed E-state index contributed by atoms with van der Waals surface area (Å²) >= 11 is 0. The summed E-state index contributed by atoms with van der Waals surface area (Å²) in [6.45, 7) is -0.0522. The van der Waals surface area contributed by atoms with Crippen LogP contribution < -0.4 is 14.8 Å². The Bertz CT molecular complexity index is 1800. The molecule has 226 valence electrons. The highest BCUT2D eigenvalue weighted by molar-refractivity contribution is 5.92. The Hall–Kier alpha value is -5.27. The van der Waals surface area contributed by atoms with Crippen molar-refractivity contribution in [2.45, 2.75) is 19.4 Å². The summed E-state index contributed by atoms with van der Waals surface area (Å²) in [5, 5.41) is 8.34. The lowest BCUT2D eigenvalue weighted by atomic mass is 10.1. The maximum absolute atomic E-state index is 14.9. The number of para-hydroxylation sites is 1. The number of amides is 1. The number of carbonyl (C=O) groups excluding carboxylic acids is 1. The van der Waals surface area contributed by atoms with Gasteiger partial charge in [0.25, 0.3) is 11.8 Å². The van der Waals surface area contributed by atoms with Gasteiger partial charge < -0.3 is 19.7 Å². The molecule has 2 aromatic carbocycles. The van der Waals surface area contributed by atoms with E-state index < -0.39 is 43.2 Å². The number of hydrogen-bond donors (Lipinski definition) is 1. The van der Waals surface area contributed by atoms with Gasteiger partial charge in [0.15, 0.2) is 24.0 Å². The average Bonchev–Trinajstić information content (AvgIpc) is 3.36. The monoisotopic (exact) mass is 607 g/mol. The molecule has 1 aliphatic rings. The van der Waals surface area contributed by atoms with E-state index in [1.54, 1.807) is 55.7 Å². The highest BCUT2D eigenvalue weighted by atomic mass is 19.3. The van der Waals surface area contributed by atoms with E-state index in [4.69, 9.17) is 9.47 Å². The SMILES string of the molecule is CCOc1cc(F)c(Cn2nc(-c3ncc(OCC(=O)N4CC(F)(F)C4)c(Nc4ccncc4)n3)c3ccccc32)c(F)c1. The summed E-state index contributed by atoms with van der Waals surface area (Å²) in [5.41, 5.74) is 1.32. The number of carbonyl (C=O) groups is 1. The van der Waals surface area contributed by atoms with Crippen LogP contribution in [0.4, 0.5) is 29.1 Å². The zero-order valence-corrected chi connectivity index (χ0v) is 23.3. The number of pyridine rings is 1. The van der Waals surface area contributed by atoms with Crippen LogP contribution in [0.5, 0.6) is 11.5 Å². The summed E-state index contributed by atoms with van der Waals surface area (Å²) in [4.78, 5) is 26.4. The first-order valence-corrected chi connectivity index (χ1v) is 13.6. The standard InChI is InChI=1S/C30H25F4N7O3/c1-2-43-19-11-22(31)21(23(32)12-19)14-41-24-6-4-3-5-20(24)27(39-41)29-36-13-25(28(38-29)37-18-7-9-35-10-8-18)44-15-26(42)40-16-30(33,34)17-40/h3-13H,2,14-17H2,1H3,(H,35,36,37,38). The van der Waals surface area contributed by atoms with Crippen LogP contribution in [0.2, 0.25) is 0 Å². The highest BCUT2D eigenvalue weighted by Gasteiger charge is 2.46. The van der Waals surface area contributed by atoms with Gasteiger partial charge in [0.2, 0.25) is 0 Å². The van der Waals surface area contributed by atoms with Gasteiger partial charge in [-0.05, 0) is 25.1 Å². The lowest BCUT2D eigenvalue weighted by molar-refractivity contribution is -0.167. The van der Waals surface area contributed by atoms with Crippen molar-refractivity contribution in [2.24, 2.45) is 0 Å². The summed E-state index contributed by atoms with van der Waals surface area (Å²) in [6.07, 6.45) is 4.46. The van der Waals surface area contributed by atoms with Crippen molar-refractivity contribution in [3.8, 4) is 23.0 Å². The van der Waals surface area contributed by atoms with Crippen molar-refractivity contribution in [3.05, 3.63) is 84.3 Å². The van der Waals surface area contributed by atoms with Gasteiger partial charge in [-0.2, -0.15) is 5.10 Å². The van der Waals surface area contributed by atoms with Gasteiger partial charge in [0, 0.05) is 41.2 Å². The smallest absolute Gasteiger partial charge is 0.282 e. The van der Waals surface area contributed by atoms with E-state index >= 15 is 0 Å². The number of aromatic nitrogens is 5. The summed E-state index contributed by atoms with van der Waals surface area (Å²) in [5.74, 6) is -4.53. The molecule has 0 unspecified atom stereocenters. The molecule has 1 N–H and O–H groups in total. The summed E-state index contributed by atoms with van der Waals surface area (Å²) in [7, 11) is 0. The number of anilines is 2. The first kappa shape index (κ1) is 28.8. The number of likely N-dealkylation sites (tertiary alicyclic amines) is 1. The average molecular weight is 608 g/mol. The van der Waals surface area contributed by atoms with Crippen LogP contribution in [0, 0.1) is 11.6 Å². The molecule has 0 bridgehead atoms. The fourth-order valence-electron chi connectivity index (χ4n) is 4.72. The minimum absolute atomic E-state index is 0.0895. The largest absolute Gasteiger partial charge is 0.494 e. The minimum Gasteiger partial charge on any atom is -0.494 e. The predicted octanol–water partition coefficient (Wildman–Crippen LogP) is 5.21. The second kappa shape index (κ2) is 11.8. The van der Waals surface area contributed by atoms with Gasteiger partial charge in [0.1, 0.15) is 23.1 Å². The minimum atomic E-state index is -2.90. The number of alkyl halides is 2. The molecule has 5 aromatic rings. The van der Waals surface area contributed by atoms with E-state index in [0.29, 0.717) is 22.3 Å². The highest BCUT2D eigenvalue weighted by Crippen LogP contribution is 2.32. The molecule has 1 fully saturated rings. The Morgan fingerprint density at radius 3 is 2.48 bits per heavy atom. The van der Waals surface area contributed by atoms with Crippen molar-refractivity contribution < 1.29 is 31.8 Å². The Balaban J connectivity index is 1.33. The normalized spacial score (nSPS) is 13.9. The first-order valence-electron chi connectivity index (χ1n) is 13.6. The molecule has 14 heteroatoms. The van der Waals surface area contributed by atoms with Crippen molar-refractivity contribution in [1.29, 1.82) is 0 Å². The second-order valence-electron chi connectivity index (χ2n) is 9.98. The van der Waals surface area contributed by atoms with Crippen LogP contribution in [0.15, 0.2) is 67.1 Å². The Labute approximate surface area is 248 Å². The van der Waals surface area contributed by atoms with Crippen molar-refractivity contribution in [3.63, 3.8) is 0 Å². The molecule has 1 aliphatic heterocycles. The molecule has 0 saturated carbocycles. The van der Waals surface area contributed by atoms with E-state index in [1.165, 1.54) is 10.9 Å². The van der Waals surface area contributed by atoms with E-state index in [-0.39, 0.29) is 41.9 Å². The molecule has 0 spiro atoms. The quantitative estimate of drug-likeness (QED) is 0.216. The van der Waals surface area contributed by atoms with Gasteiger partial charge in [-0.1, -0.05) is 18.2 Å². The Kier molecular flexibility index (Phi) is 7.72. The molecule has 0 aliphatic carbocycles. The number of nitrogens with one attached hydrogen (secondary N) is 1. The van der Waals surface area contributed by atoms with Crippen LogP contribution in [0.25, 0.3) is 22.4 Å². The Morgan fingerprint density at radius 1 is 1.05 bits per heavy atom. The molecule has 3 aromatic heterocycles. The number of fused-ring (bicyclic) bond motifs is 1. The molecule has 1 amide bonds. The van der Waals surface area contributed by atoms with Gasteiger partial charge in [0.05, 0.1) is 38.0 Å². The maximum Gasteiger partial charge on any atom is 0.282 e. The van der Waals surface area contributed by atoms with Gasteiger partial charge in [-0.25, -0.2) is 27.5 Å². The van der Waals surface area contributed by atoms with Crippen molar-refractivity contribution >= 4 is 28.3 Å². The van der Waals surface area contributed by atoms with Crippen LogP contribution in [0.1, 0.15) is 12.5 Å². The molecule has 0 atom stereocenters. The third-order valence-electron chi connectivity index (χ3n) is 6.85. The molecular formula is C30H25F4N7O3. The third-order valence-corrected chi connectivity index (χ3v) is 6.85. The third kappa shape index (κ3) is 5.96. The summed E-state index contributed by atoms with van der Waals surface area (Å²) in [6, 6.07) is 12.7. The predicted molar refractivity (Wildman–Crippen MR) is 152 cm³/mol. The number of nitrogens with zero attached hydrogens (tertiary/aromatic N) is 6. The first-order chi connectivity index (χ1) is 21.2. The van der Waals surface area contributed by atoms with Crippen molar-refractivity contribution in [2.75, 3.05) is 31.6 Å². The van der Waals surface area contributed by atoms with E-state index in [0.717, 1.165) is 17.0 Å². The second-order valence-corrected chi connectivity index (χ2v) is 9.98. The lowest BCUT2D eigenvalue weighted by Crippen LogP contribution is -2.59. The molecule has 10 nitrogen and oxygen atoms in total. The van der Waals surface area contributed by atoms with E-state index in [1.807, 2.05) is 0 Å². The molecule has 1 saturated heterocycles. The van der Waals surface area contributed by atoms with Crippen molar-refractivity contribution in [1.82, 2.24) is 29.6 Å². The molecule has 4 heterocycles. The number of hydrogen-bond acceptors (Lipinski definition) is 8. The van der Waals surface area contributed by atoms with E-state index in [9.17, 15) is 22.4 Å². The van der Waals surface area contributed by atoms with Crippen LogP contribution in [0.3, 0.4) is 0 Å². The molecule has 6 rings (SSSR count). The Morgan fingerprint density at radius 2 is 1.77 bits per heavy atom.